The van der Waals surface area contributed by atoms with Gasteiger partial charge in [-0.05, 0) is 12.5 Å². The zero-order chi connectivity index (χ0) is 12.4. The third-order valence-electron chi connectivity index (χ3n) is 2.79. The SMILES string of the molecule is CCn1c(=O)cc(-c2ccccc2)n(C)c1=O. The minimum absolute atomic E-state index is 0.255. The number of aromatic nitrogens is 2. The molecule has 0 N–H and O–H groups in total. The summed E-state index contributed by atoms with van der Waals surface area (Å²) in [6.07, 6.45) is 0. The molecule has 0 aliphatic carbocycles. The van der Waals surface area contributed by atoms with E-state index in [9.17, 15) is 9.59 Å². The average molecular weight is 230 g/mol. The fourth-order valence-corrected chi connectivity index (χ4v) is 1.85. The molecule has 0 unspecified atom stereocenters. The first-order chi connectivity index (χ1) is 8.15. The summed E-state index contributed by atoms with van der Waals surface area (Å²) in [4.78, 5) is 23.7. The first-order valence-electron chi connectivity index (χ1n) is 5.51. The second-order valence-electron chi connectivity index (χ2n) is 3.82. The molecule has 0 aliphatic heterocycles. The molecule has 88 valence electrons. The third kappa shape index (κ3) is 1.93. The first kappa shape index (κ1) is 11.4. The summed E-state index contributed by atoms with van der Waals surface area (Å²) in [6, 6.07) is 10.9. The number of hydrogen-bond donors (Lipinski definition) is 0. The van der Waals surface area contributed by atoms with Crippen LogP contribution < -0.4 is 11.2 Å². The van der Waals surface area contributed by atoms with Gasteiger partial charge in [-0.25, -0.2) is 4.79 Å². The Hall–Kier alpha value is -2.10. The lowest BCUT2D eigenvalue weighted by Crippen LogP contribution is -2.38. The molecule has 4 nitrogen and oxygen atoms in total. The molecule has 0 fully saturated rings. The molecular formula is C13H14N2O2. The van der Waals surface area contributed by atoms with Gasteiger partial charge in [-0.1, -0.05) is 30.3 Å². The highest BCUT2D eigenvalue weighted by molar-refractivity contribution is 5.58. The molecule has 1 aromatic heterocycles. The minimum atomic E-state index is -0.279. The van der Waals surface area contributed by atoms with Crippen molar-refractivity contribution in [3.05, 3.63) is 57.2 Å². The van der Waals surface area contributed by atoms with Crippen molar-refractivity contribution in [2.75, 3.05) is 0 Å². The summed E-state index contributed by atoms with van der Waals surface area (Å²) in [7, 11) is 1.68. The van der Waals surface area contributed by atoms with Crippen molar-refractivity contribution in [1.29, 1.82) is 0 Å². The maximum atomic E-state index is 11.9. The van der Waals surface area contributed by atoms with E-state index in [-0.39, 0.29) is 11.2 Å². The Kier molecular flexibility index (Phi) is 2.95. The molecule has 0 saturated heterocycles. The van der Waals surface area contributed by atoms with Gasteiger partial charge in [0.2, 0.25) is 0 Å². The summed E-state index contributed by atoms with van der Waals surface area (Å²) in [6.45, 7) is 2.17. The molecule has 1 heterocycles. The molecule has 0 radical (unpaired) electrons. The van der Waals surface area contributed by atoms with E-state index in [1.165, 1.54) is 15.2 Å². The van der Waals surface area contributed by atoms with Crippen molar-refractivity contribution < 1.29 is 0 Å². The maximum absolute atomic E-state index is 11.9. The van der Waals surface area contributed by atoms with Gasteiger partial charge in [0.15, 0.2) is 0 Å². The molecule has 0 atom stereocenters. The van der Waals surface area contributed by atoms with Gasteiger partial charge in [-0.3, -0.25) is 13.9 Å². The molecule has 0 spiro atoms. The molecule has 0 bridgehead atoms. The fourth-order valence-electron chi connectivity index (χ4n) is 1.85. The van der Waals surface area contributed by atoms with E-state index >= 15 is 0 Å². The van der Waals surface area contributed by atoms with Crippen LogP contribution in [0, 0.1) is 0 Å². The van der Waals surface area contributed by atoms with Gasteiger partial charge in [0.25, 0.3) is 5.56 Å². The average Bonchev–Trinajstić information content (AvgIpc) is 2.35. The van der Waals surface area contributed by atoms with Crippen LogP contribution in [0.5, 0.6) is 0 Å². The second-order valence-corrected chi connectivity index (χ2v) is 3.82. The van der Waals surface area contributed by atoms with Crippen molar-refractivity contribution in [1.82, 2.24) is 9.13 Å². The van der Waals surface area contributed by atoms with Gasteiger partial charge in [0, 0.05) is 19.7 Å². The van der Waals surface area contributed by atoms with Crippen LogP contribution in [-0.2, 0) is 13.6 Å². The molecule has 2 rings (SSSR count). The molecular weight excluding hydrogens is 216 g/mol. The Morgan fingerprint density at radius 2 is 1.76 bits per heavy atom. The Morgan fingerprint density at radius 1 is 1.12 bits per heavy atom. The van der Waals surface area contributed by atoms with Crippen LogP contribution in [0.25, 0.3) is 11.3 Å². The van der Waals surface area contributed by atoms with Crippen molar-refractivity contribution >= 4 is 0 Å². The molecule has 17 heavy (non-hydrogen) atoms. The van der Waals surface area contributed by atoms with Crippen LogP contribution in [0.2, 0.25) is 0 Å². The summed E-state index contributed by atoms with van der Waals surface area (Å²) in [5, 5.41) is 0. The number of hydrogen-bond acceptors (Lipinski definition) is 2. The molecule has 0 saturated carbocycles. The number of benzene rings is 1. The normalized spacial score (nSPS) is 10.5. The zero-order valence-electron chi connectivity index (χ0n) is 9.88. The molecule has 2 aromatic rings. The van der Waals surface area contributed by atoms with E-state index < -0.39 is 0 Å². The molecule has 4 heteroatoms. The highest BCUT2D eigenvalue weighted by Gasteiger charge is 2.08. The van der Waals surface area contributed by atoms with E-state index in [2.05, 4.69) is 0 Å². The quantitative estimate of drug-likeness (QED) is 0.779. The summed E-state index contributed by atoms with van der Waals surface area (Å²) >= 11 is 0. The fraction of sp³-hybridized carbons (Fsp3) is 0.231. The lowest BCUT2D eigenvalue weighted by Gasteiger charge is -2.10. The third-order valence-corrected chi connectivity index (χ3v) is 2.79. The van der Waals surface area contributed by atoms with Gasteiger partial charge < -0.3 is 0 Å². The van der Waals surface area contributed by atoms with Crippen molar-refractivity contribution in [3.8, 4) is 11.3 Å². The highest BCUT2D eigenvalue weighted by Crippen LogP contribution is 2.14. The Labute approximate surface area is 98.8 Å². The van der Waals surface area contributed by atoms with E-state index in [1.807, 2.05) is 30.3 Å². The monoisotopic (exact) mass is 230 g/mol. The predicted molar refractivity (Wildman–Crippen MR) is 67.1 cm³/mol. The van der Waals surface area contributed by atoms with Crippen LogP contribution in [0.3, 0.4) is 0 Å². The van der Waals surface area contributed by atoms with Crippen molar-refractivity contribution in [2.24, 2.45) is 7.05 Å². The topological polar surface area (TPSA) is 44.0 Å². The molecule has 0 aliphatic rings. The van der Waals surface area contributed by atoms with Crippen LogP contribution in [0.1, 0.15) is 6.92 Å². The summed E-state index contributed by atoms with van der Waals surface area (Å²) in [5.41, 5.74) is 0.978. The van der Waals surface area contributed by atoms with Crippen molar-refractivity contribution in [3.63, 3.8) is 0 Å². The largest absolute Gasteiger partial charge is 0.331 e. The van der Waals surface area contributed by atoms with Gasteiger partial charge in [-0.15, -0.1) is 0 Å². The maximum Gasteiger partial charge on any atom is 0.331 e. The first-order valence-corrected chi connectivity index (χ1v) is 5.51. The van der Waals surface area contributed by atoms with E-state index in [1.54, 1.807) is 14.0 Å². The summed E-state index contributed by atoms with van der Waals surface area (Å²) in [5.74, 6) is 0. The van der Waals surface area contributed by atoms with Gasteiger partial charge in [0.05, 0.1) is 5.69 Å². The zero-order valence-corrected chi connectivity index (χ0v) is 9.88. The lowest BCUT2D eigenvalue weighted by molar-refractivity contribution is 0.625. The van der Waals surface area contributed by atoms with Gasteiger partial charge >= 0.3 is 5.69 Å². The second kappa shape index (κ2) is 4.41. The highest BCUT2D eigenvalue weighted by atomic mass is 16.2. The van der Waals surface area contributed by atoms with Crippen LogP contribution in [0.15, 0.2) is 46.0 Å². The Bertz CT molecular complexity index is 639. The standard InChI is InChI=1S/C13H14N2O2/c1-3-15-12(16)9-11(14(2)13(15)17)10-7-5-4-6-8-10/h4-9H,3H2,1-2H3. The molecule has 1 aromatic carbocycles. The van der Waals surface area contributed by atoms with Crippen LogP contribution in [-0.4, -0.2) is 9.13 Å². The number of nitrogens with zero attached hydrogens (tertiary/aromatic N) is 2. The van der Waals surface area contributed by atoms with Gasteiger partial charge in [0.1, 0.15) is 0 Å². The van der Waals surface area contributed by atoms with E-state index in [0.717, 1.165) is 5.56 Å². The van der Waals surface area contributed by atoms with Crippen molar-refractivity contribution in [2.45, 2.75) is 13.5 Å². The molecule has 0 amide bonds. The van der Waals surface area contributed by atoms with Gasteiger partial charge in [-0.2, -0.15) is 0 Å². The Morgan fingerprint density at radius 3 is 2.35 bits per heavy atom. The minimum Gasteiger partial charge on any atom is -0.296 e. The predicted octanol–water partition coefficient (Wildman–Crippen LogP) is 1.23. The lowest BCUT2D eigenvalue weighted by atomic mass is 10.1. The number of rotatable bonds is 2. The van der Waals surface area contributed by atoms with Crippen LogP contribution in [0.4, 0.5) is 0 Å². The Balaban J connectivity index is 2.75. The summed E-state index contributed by atoms with van der Waals surface area (Å²) < 4.78 is 2.71. The smallest absolute Gasteiger partial charge is 0.296 e. The van der Waals surface area contributed by atoms with Crippen LogP contribution >= 0.6 is 0 Å². The van der Waals surface area contributed by atoms with E-state index in [4.69, 9.17) is 0 Å². The van der Waals surface area contributed by atoms with E-state index in [0.29, 0.717) is 12.2 Å².